The summed E-state index contributed by atoms with van der Waals surface area (Å²) in [5.41, 5.74) is 1.09. The molecule has 0 radical (unpaired) electrons. The second-order valence-corrected chi connectivity index (χ2v) is 5.26. The molecule has 1 saturated carbocycles. The molecule has 0 unspecified atom stereocenters. The SMILES string of the molecule is COc1c(Cl)cc(Cl)cc1CCCNC1CC1. The molecule has 0 aliphatic heterocycles. The van der Waals surface area contributed by atoms with Gasteiger partial charge in [-0.05, 0) is 49.9 Å². The van der Waals surface area contributed by atoms with Crippen LogP contribution >= 0.6 is 23.2 Å². The lowest BCUT2D eigenvalue weighted by Gasteiger charge is -2.11. The van der Waals surface area contributed by atoms with Gasteiger partial charge in [0.05, 0.1) is 12.1 Å². The van der Waals surface area contributed by atoms with E-state index in [9.17, 15) is 0 Å². The van der Waals surface area contributed by atoms with Crippen LogP contribution in [0.15, 0.2) is 12.1 Å². The molecule has 1 aliphatic carbocycles. The number of aryl methyl sites for hydroxylation is 1. The van der Waals surface area contributed by atoms with Crippen molar-refractivity contribution in [3.05, 3.63) is 27.7 Å². The summed E-state index contributed by atoms with van der Waals surface area (Å²) in [5, 5.41) is 4.74. The lowest BCUT2D eigenvalue weighted by atomic mass is 10.1. The maximum absolute atomic E-state index is 6.08. The first-order valence-electron chi connectivity index (χ1n) is 5.96. The van der Waals surface area contributed by atoms with Gasteiger partial charge in [0.1, 0.15) is 5.75 Å². The number of halogens is 2. The minimum Gasteiger partial charge on any atom is -0.495 e. The average Bonchev–Trinajstić information content (AvgIpc) is 3.07. The van der Waals surface area contributed by atoms with Crippen LogP contribution in [0.25, 0.3) is 0 Å². The number of nitrogens with one attached hydrogen (secondary N) is 1. The quantitative estimate of drug-likeness (QED) is 0.799. The molecule has 17 heavy (non-hydrogen) atoms. The molecule has 0 atom stereocenters. The standard InChI is InChI=1S/C13H17Cl2NO/c1-17-13-9(7-10(14)8-12(13)15)3-2-6-16-11-4-5-11/h7-8,11,16H,2-6H2,1H3. The van der Waals surface area contributed by atoms with Crippen molar-refractivity contribution in [3.8, 4) is 5.75 Å². The lowest BCUT2D eigenvalue weighted by Crippen LogP contribution is -2.17. The van der Waals surface area contributed by atoms with E-state index in [4.69, 9.17) is 27.9 Å². The van der Waals surface area contributed by atoms with Gasteiger partial charge in [0, 0.05) is 11.1 Å². The van der Waals surface area contributed by atoms with Crippen LogP contribution in [0.4, 0.5) is 0 Å². The average molecular weight is 274 g/mol. The van der Waals surface area contributed by atoms with Crippen molar-refractivity contribution in [1.82, 2.24) is 5.32 Å². The Labute approximate surface area is 112 Å². The number of methoxy groups -OCH3 is 1. The Hall–Kier alpha value is -0.440. The molecule has 1 aromatic carbocycles. The molecular formula is C13H17Cl2NO. The summed E-state index contributed by atoms with van der Waals surface area (Å²) >= 11 is 12.1. The maximum atomic E-state index is 6.08. The Bertz CT molecular complexity index is 391. The predicted octanol–water partition coefficient (Wildman–Crippen LogP) is 3.69. The lowest BCUT2D eigenvalue weighted by molar-refractivity contribution is 0.409. The monoisotopic (exact) mass is 273 g/mol. The van der Waals surface area contributed by atoms with Crippen LogP contribution in [0.2, 0.25) is 10.0 Å². The first-order chi connectivity index (χ1) is 8.20. The third kappa shape index (κ3) is 3.77. The summed E-state index contributed by atoms with van der Waals surface area (Å²) in [5.74, 6) is 0.752. The third-order valence-electron chi connectivity index (χ3n) is 2.92. The van der Waals surface area contributed by atoms with E-state index in [0.29, 0.717) is 10.0 Å². The number of benzene rings is 1. The Morgan fingerprint density at radius 2 is 2.12 bits per heavy atom. The molecule has 0 spiro atoms. The number of rotatable bonds is 6. The number of hydrogen-bond donors (Lipinski definition) is 1. The molecule has 4 heteroatoms. The fourth-order valence-electron chi connectivity index (χ4n) is 1.90. The second-order valence-electron chi connectivity index (χ2n) is 4.41. The van der Waals surface area contributed by atoms with Crippen LogP contribution < -0.4 is 10.1 Å². The molecule has 2 rings (SSSR count). The maximum Gasteiger partial charge on any atom is 0.140 e. The molecule has 1 aliphatic rings. The largest absolute Gasteiger partial charge is 0.495 e. The van der Waals surface area contributed by atoms with Gasteiger partial charge < -0.3 is 10.1 Å². The van der Waals surface area contributed by atoms with Crippen LogP contribution in [0.5, 0.6) is 5.75 Å². The minimum absolute atomic E-state index is 0.588. The second kappa shape index (κ2) is 5.94. The first kappa shape index (κ1) is 13.0. The third-order valence-corrected chi connectivity index (χ3v) is 3.42. The van der Waals surface area contributed by atoms with Crippen LogP contribution in [0.3, 0.4) is 0 Å². The predicted molar refractivity (Wildman–Crippen MR) is 72.4 cm³/mol. The highest BCUT2D eigenvalue weighted by Crippen LogP contribution is 2.32. The molecule has 1 fully saturated rings. The van der Waals surface area contributed by atoms with Gasteiger partial charge >= 0.3 is 0 Å². The van der Waals surface area contributed by atoms with Gasteiger partial charge in [0.2, 0.25) is 0 Å². The Morgan fingerprint density at radius 3 is 2.76 bits per heavy atom. The minimum atomic E-state index is 0.588. The van der Waals surface area contributed by atoms with Crippen molar-refractivity contribution in [1.29, 1.82) is 0 Å². The van der Waals surface area contributed by atoms with Crippen molar-refractivity contribution in [2.45, 2.75) is 31.7 Å². The van der Waals surface area contributed by atoms with Crippen LogP contribution in [-0.4, -0.2) is 19.7 Å². The van der Waals surface area contributed by atoms with Crippen LogP contribution in [-0.2, 0) is 6.42 Å². The van der Waals surface area contributed by atoms with Crippen LogP contribution in [0.1, 0.15) is 24.8 Å². The normalized spacial score (nSPS) is 15.0. The van der Waals surface area contributed by atoms with E-state index in [1.165, 1.54) is 12.8 Å². The van der Waals surface area contributed by atoms with E-state index in [2.05, 4.69) is 5.32 Å². The van der Waals surface area contributed by atoms with Gasteiger partial charge in [-0.15, -0.1) is 0 Å². The molecule has 0 heterocycles. The zero-order chi connectivity index (χ0) is 12.3. The molecule has 1 aromatic rings. The Morgan fingerprint density at radius 1 is 1.35 bits per heavy atom. The van der Waals surface area contributed by atoms with Gasteiger partial charge in [-0.3, -0.25) is 0 Å². The zero-order valence-corrected chi connectivity index (χ0v) is 11.4. The molecule has 0 saturated heterocycles. The fraction of sp³-hybridized carbons (Fsp3) is 0.538. The van der Waals surface area contributed by atoms with E-state index >= 15 is 0 Å². The zero-order valence-electron chi connectivity index (χ0n) is 9.93. The number of ether oxygens (including phenoxy) is 1. The molecule has 0 bridgehead atoms. The van der Waals surface area contributed by atoms with Gasteiger partial charge in [-0.2, -0.15) is 0 Å². The highest BCUT2D eigenvalue weighted by Gasteiger charge is 2.19. The number of hydrogen-bond acceptors (Lipinski definition) is 2. The fourth-order valence-corrected chi connectivity index (χ4v) is 2.51. The summed E-state index contributed by atoms with van der Waals surface area (Å²) in [4.78, 5) is 0. The van der Waals surface area contributed by atoms with E-state index in [0.717, 1.165) is 36.7 Å². The highest BCUT2D eigenvalue weighted by molar-refractivity contribution is 6.35. The highest BCUT2D eigenvalue weighted by atomic mass is 35.5. The van der Waals surface area contributed by atoms with E-state index in [1.54, 1.807) is 13.2 Å². The molecule has 0 amide bonds. The molecule has 94 valence electrons. The summed E-state index contributed by atoms with van der Waals surface area (Å²) in [7, 11) is 1.64. The van der Waals surface area contributed by atoms with Gasteiger partial charge in [-0.1, -0.05) is 23.2 Å². The Balaban J connectivity index is 1.92. The summed E-state index contributed by atoms with van der Waals surface area (Å²) in [6, 6.07) is 4.41. The first-order valence-corrected chi connectivity index (χ1v) is 6.71. The van der Waals surface area contributed by atoms with Crippen molar-refractivity contribution in [2.75, 3.05) is 13.7 Å². The summed E-state index contributed by atoms with van der Waals surface area (Å²) < 4.78 is 5.31. The Kier molecular flexibility index (Phi) is 4.55. The van der Waals surface area contributed by atoms with Crippen molar-refractivity contribution in [3.63, 3.8) is 0 Å². The van der Waals surface area contributed by atoms with Gasteiger partial charge in [-0.25, -0.2) is 0 Å². The summed E-state index contributed by atoms with van der Waals surface area (Å²) in [6.07, 6.45) is 4.66. The smallest absolute Gasteiger partial charge is 0.140 e. The van der Waals surface area contributed by atoms with Gasteiger partial charge in [0.15, 0.2) is 0 Å². The molecule has 0 aromatic heterocycles. The molecule has 1 N–H and O–H groups in total. The van der Waals surface area contributed by atoms with E-state index in [-0.39, 0.29) is 0 Å². The topological polar surface area (TPSA) is 21.3 Å². The van der Waals surface area contributed by atoms with E-state index in [1.807, 2.05) is 6.07 Å². The summed E-state index contributed by atoms with van der Waals surface area (Å²) in [6.45, 7) is 1.04. The molecular weight excluding hydrogens is 257 g/mol. The van der Waals surface area contributed by atoms with Gasteiger partial charge in [0.25, 0.3) is 0 Å². The van der Waals surface area contributed by atoms with Crippen molar-refractivity contribution in [2.24, 2.45) is 0 Å². The molecule has 2 nitrogen and oxygen atoms in total. The van der Waals surface area contributed by atoms with Crippen molar-refractivity contribution < 1.29 is 4.74 Å². The van der Waals surface area contributed by atoms with E-state index < -0.39 is 0 Å². The van der Waals surface area contributed by atoms with Crippen LogP contribution in [0, 0.1) is 0 Å². The van der Waals surface area contributed by atoms with Crippen molar-refractivity contribution >= 4 is 23.2 Å².